The van der Waals surface area contributed by atoms with Gasteiger partial charge in [-0.15, -0.1) is 22.7 Å². The monoisotopic (exact) mass is 440 g/mol. The maximum Gasteiger partial charge on any atom is 0.138 e. The van der Waals surface area contributed by atoms with Crippen LogP contribution in [0, 0.1) is 5.92 Å². The molecule has 0 bridgehead atoms. The first-order chi connectivity index (χ1) is 14.8. The summed E-state index contributed by atoms with van der Waals surface area (Å²) in [5.41, 5.74) is 3.60. The molecule has 7 heteroatoms. The van der Waals surface area contributed by atoms with Crippen LogP contribution in [0.15, 0.2) is 18.5 Å². The van der Waals surface area contributed by atoms with Crippen LogP contribution in [0.2, 0.25) is 0 Å². The third-order valence-corrected chi connectivity index (χ3v) is 8.58. The lowest BCUT2D eigenvalue weighted by atomic mass is 9.91. The van der Waals surface area contributed by atoms with E-state index in [9.17, 15) is 4.79 Å². The molecule has 5 nitrogen and oxygen atoms in total. The third kappa shape index (κ3) is 4.35. The molecule has 0 aliphatic carbocycles. The van der Waals surface area contributed by atoms with Crippen molar-refractivity contribution in [1.29, 1.82) is 0 Å². The summed E-state index contributed by atoms with van der Waals surface area (Å²) in [5.74, 6) is 1.17. The Morgan fingerprint density at radius 1 is 1.17 bits per heavy atom. The first-order valence-electron chi connectivity index (χ1n) is 11.1. The maximum absolute atomic E-state index is 12.9. The number of fused-ring (bicyclic) bond motifs is 2. The van der Waals surface area contributed by atoms with Crippen LogP contribution in [0.4, 0.5) is 0 Å². The van der Waals surface area contributed by atoms with E-state index in [1.165, 1.54) is 40.1 Å². The Morgan fingerprint density at radius 3 is 2.93 bits per heavy atom. The number of Topliss-reactive ketones (excluding diaryl/α,β-unsaturated/α-hetero) is 1. The van der Waals surface area contributed by atoms with Crippen LogP contribution in [0.3, 0.4) is 0 Å². The van der Waals surface area contributed by atoms with E-state index in [0.717, 1.165) is 60.2 Å². The van der Waals surface area contributed by atoms with E-state index in [4.69, 9.17) is 4.98 Å². The number of thiophene rings is 1. The number of nitrogens with one attached hydrogen (secondary N) is 2. The second-order valence-electron chi connectivity index (χ2n) is 8.39. The summed E-state index contributed by atoms with van der Waals surface area (Å²) in [6.45, 7) is 4.17. The molecule has 3 aromatic heterocycles. The number of piperidine rings is 1. The van der Waals surface area contributed by atoms with Gasteiger partial charge in [-0.05, 0) is 69.3 Å². The zero-order chi connectivity index (χ0) is 20.3. The second kappa shape index (κ2) is 9.22. The predicted octanol–water partition coefficient (Wildman–Crippen LogP) is 4.35. The van der Waals surface area contributed by atoms with Gasteiger partial charge in [-0.3, -0.25) is 9.78 Å². The quantitative estimate of drug-likeness (QED) is 0.572. The van der Waals surface area contributed by atoms with Crippen molar-refractivity contribution in [1.82, 2.24) is 20.6 Å². The molecule has 0 spiro atoms. The summed E-state index contributed by atoms with van der Waals surface area (Å²) in [5, 5.41) is 7.95. The van der Waals surface area contributed by atoms with Gasteiger partial charge >= 0.3 is 0 Å². The van der Waals surface area contributed by atoms with Crippen LogP contribution >= 0.6 is 22.7 Å². The minimum atomic E-state index is 0.375. The molecular weight excluding hydrogens is 412 g/mol. The van der Waals surface area contributed by atoms with Crippen molar-refractivity contribution in [3.8, 4) is 10.6 Å². The maximum atomic E-state index is 12.9. The van der Waals surface area contributed by atoms with Crippen LogP contribution in [0.1, 0.15) is 47.4 Å². The molecule has 3 aromatic rings. The Hall–Kier alpha value is -1.67. The largest absolute Gasteiger partial charge is 0.317 e. The average molecular weight is 441 g/mol. The van der Waals surface area contributed by atoms with Crippen molar-refractivity contribution in [2.24, 2.45) is 5.92 Å². The average Bonchev–Trinajstić information content (AvgIpc) is 3.34. The molecule has 1 saturated heterocycles. The lowest BCUT2D eigenvalue weighted by Gasteiger charge is -2.22. The molecule has 0 aromatic carbocycles. The fraction of sp³-hybridized carbons (Fsp3) is 0.522. The molecule has 0 saturated carbocycles. The molecule has 1 fully saturated rings. The Kier molecular flexibility index (Phi) is 6.22. The highest BCUT2D eigenvalue weighted by Gasteiger charge is 2.25. The molecular formula is C23H28N4OS2. The summed E-state index contributed by atoms with van der Waals surface area (Å²) in [4.78, 5) is 24.6. The summed E-state index contributed by atoms with van der Waals surface area (Å²) in [6, 6.07) is 2.03. The number of carbonyl (C=O) groups is 1. The van der Waals surface area contributed by atoms with Gasteiger partial charge in [-0.1, -0.05) is 0 Å². The van der Waals surface area contributed by atoms with Gasteiger partial charge < -0.3 is 10.6 Å². The minimum Gasteiger partial charge on any atom is -0.317 e. The lowest BCUT2D eigenvalue weighted by Crippen LogP contribution is -2.27. The lowest BCUT2D eigenvalue weighted by molar-refractivity contribution is -0.118. The Balaban J connectivity index is 1.34. The van der Waals surface area contributed by atoms with Gasteiger partial charge in [0.1, 0.15) is 16.3 Å². The van der Waals surface area contributed by atoms with Crippen LogP contribution in [-0.4, -0.2) is 35.4 Å². The molecule has 0 radical (unpaired) electrons. The topological polar surface area (TPSA) is 66.9 Å². The molecule has 2 aliphatic rings. The van der Waals surface area contributed by atoms with E-state index in [1.807, 2.05) is 29.8 Å². The molecule has 5 heterocycles. The van der Waals surface area contributed by atoms with Gasteiger partial charge in [0.25, 0.3) is 0 Å². The number of ketones is 1. The number of aromatic nitrogens is 2. The van der Waals surface area contributed by atoms with E-state index >= 15 is 0 Å². The third-order valence-electron chi connectivity index (χ3n) is 6.29. The van der Waals surface area contributed by atoms with Crippen LogP contribution < -0.4 is 10.6 Å². The summed E-state index contributed by atoms with van der Waals surface area (Å²) >= 11 is 3.54. The van der Waals surface area contributed by atoms with Gasteiger partial charge in [-0.2, -0.15) is 0 Å². The molecule has 30 heavy (non-hydrogen) atoms. The van der Waals surface area contributed by atoms with E-state index in [-0.39, 0.29) is 0 Å². The number of pyridine rings is 1. The summed E-state index contributed by atoms with van der Waals surface area (Å²) in [7, 11) is 0. The van der Waals surface area contributed by atoms with E-state index in [1.54, 1.807) is 11.3 Å². The number of hydrogen-bond acceptors (Lipinski definition) is 7. The highest BCUT2D eigenvalue weighted by atomic mass is 32.1. The molecule has 2 N–H and O–H groups in total. The van der Waals surface area contributed by atoms with Crippen molar-refractivity contribution >= 4 is 38.7 Å². The van der Waals surface area contributed by atoms with Crippen LogP contribution in [-0.2, 0) is 24.2 Å². The predicted molar refractivity (Wildman–Crippen MR) is 124 cm³/mol. The molecule has 0 amide bonds. The van der Waals surface area contributed by atoms with Crippen LogP contribution in [0.25, 0.3) is 20.8 Å². The van der Waals surface area contributed by atoms with E-state index in [0.29, 0.717) is 18.6 Å². The minimum absolute atomic E-state index is 0.375. The number of rotatable bonds is 7. The van der Waals surface area contributed by atoms with Crippen molar-refractivity contribution in [2.45, 2.75) is 51.5 Å². The standard InChI is InChI=1S/C23H28N4OS2/c28-16(3-1-2-15-4-8-24-9-5-15)12-20-22(17-6-10-26-14-21(17)29-20)23-27-18-13-25-11-7-19(18)30-23/h7,11,13,15,24,26H,1-6,8-10,12,14H2. The number of nitrogens with zero attached hydrogens (tertiary/aromatic N) is 2. The Bertz CT molecular complexity index is 1000. The highest BCUT2D eigenvalue weighted by molar-refractivity contribution is 7.22. The normalized spacial score (nSPS) is 17.3. The van der Waals surface area contributed by atoms with Crippen molar-refractivity contribution in [2.75, 3.05) is 19.6 Å². The summed E-state index contributed by atoms with van der Waals surface area (Å²) < 4.78 is 1.16. The van der Waals surface area contributed by atoms with Gasteiger partial charge in [0.15, 0.2) is 0 Å². The molecule has 158 valence electrons. The molecule has 0 unspecified atom stereocenters. The van der Waals surface area contributed by atoms with E-state index in [2.05, 4.69) is 15.6 Å². The summed E-state index contributed by atoms with van der Waals surface area (Å²) in [6.07, 6.45) is 10.7. The van der Waals surface area contributed by atoms with Crippen molar-refractivity contribution in [3.05, 3.63) is 33.8 Å². The Morgan fingerprint density at radius 2 is 2.07 bits per heavy atom. The molecule has 5 rings (SSSR count). The van der Waals surface area contributed by atoms with Crippen molar-refractivity contribution in [3.63, 3.8) is 0 Å². The van der Waals surface area contributed by atoms with Crippen LogP contribution in [0.5, 0.6) is 0 Å². The fourth-order valence-electron chi connectivity index (χ4n) is 4.68. The highest BCUT2D eigenvalue weighted by Crippen LogP contribution is 2.41. The number of thiazole rings is 1. The zero-order valence-corrected chi connectivity index (χ0v) is 18.8. The van der Waals surface area contributed by atoms with Gasteiger partial charge in [0.2, 0.25) is 0 Å². The van der Waals surface area contributed by atoms with Crippen molar-refractivity contribution < 1.29 is 4.79 Å². The smallest absolute Gasteiger partial charge is 0.138 e. The molecule has 0 atom stereocenters. The van der Waals surface area contributed by atoms with E-state index < -0.39 is 0 Å². The molecule has 2 aliphatic heterocycles. The zero-order valence-electron chi connectivity index (χ0n) is 17.2. The number of hydrogen-bond donors (Lipinski definition) is 2. The van der Waals surface area contributed by atoms with Gasteiger partial charge in [0, 0.05) is 40.9 Å². The second-order valence-corrected chi connectivity index (χ2v) is 10.6. The first-order valence-corrected chi connectivity index (χ1v) is 12.7. The SMILES string of the molecule is O=C(CCCC1CCNCC1)Cc1sc2c(c1-c1nc3cnccc3s1)CCNC2. The number of carbonyl (C=O) groups excluding carboxylic acids is 1. The van der Waals surface area contributed by atoms with Gasteiger partial charge in [-0.25, -0.2) is 4.98 Å². The first kappa shape index (κ1) is 20.2. The van der Waals surface area contributed by atoms with Gasteiger partial charge in [0.05, 0.1) is 10.9 Å². The Labute approximate surface area is 185 Å². The fourth-order valence-corrected chi connectivity index (χ4v) is 7.13.